The van der Waals surface area contributed by atoms with Crippen molar-refractivity contribution in [2.45, 2.75) is 6.16 Å². The number of hydrogen-bond acceptors (Lipinski definition) is 9. The third-order valence-corrected chi connectivity index (χ3v) is 4.14. The minimum atomic E-state index is -4.37. The Bertz CT molecular complexity index is 879. The molecule has 0 atom stereocenters. The van der Waals surface area contributed by atoms with Crippen LogP contribution in [0.3, 0.4) is 0 Å². The molecule has 0 radical (unpaired) electrons. The number of carbonyl (C=O) groups excluding carboxylic acids is 2. The van der Waals surface area contributed by atoms with E-state index in [0.717, 1.165) is 0 Å². The van der Waals surface area contributed by atoms with Gasteiger partial charge in [0.1, 0.15) is 6.16 Å². The third kappa shape index (κ3) is 6.93. The van der Waals surface area contributed by atoms with Crippen LogP contribution in [0.5, 0.6) is 0 Å². The van der Waals surface area contributed by atoms with Crippen LogP contribution >= 0.6 is 7.60 Å². The molecule has 14 heteroatoms. The first-order valence-electron chi connectivity index (χ1n) is 8.46. The van der Waals surface area contributed by atoms with Crippen molar-refractivity contribution in [1.29, 1.82) is 0 Å². The first kappa shape index (κ1) is 22.5. The van der Waals surface area contributed by atoms with E-state index >= 15 is 0 Å². The van der Waals surface area contributed by atoms with Gasteiger partial charge >= 0.3 is 7.60 Å². The highest BCUT2D eigenvalue weighted by Crippen LogP contribution is 2.37. The maximum Gasteiger partial charge on any atom is 0.333 e. The van der Waals surface area contributed by atoms with Gasteiger partial charge in [-0.2, -0.15) is 0 Å². The molecule has 0 aliphatic carbocycles. The summed E-state index contributed by atoms with van der Waals surface area (Å²) in [6.45, 7) is 0.976. The fourth-order valence-corrected chi connectivity index (χ4v) is 2.70. The molecule has 0 saturated carbocycles. The average molecular weight is 424 g/mol. The van der Waals surface area contributed by atoms with Crippen molar-refractivity contribution in [3.63, 3.8) is 0 Å². The molecular weight excluding hydrogens is 403 g/mol. The van der Waals surface area contributed by atoms with Crippen LogP contribution in [-0.2, 0) is 10.7 Å². The number of aromatic nitrogens is 4. The van der Waals surface area contributed by atoms with Gasteiger partial charge in [0.25, 0.3) is 11.8 Å². The molecule has 0 saturated heterocycles. The molecule has 1 aromatic heterocycles. The average Bonchev–Trinajstić information content (AvgIpc) is 2.69. The normalized spacial score (nSPS) is 11.2. The number of nitrogens with two attached hydrogens (primary N) is 2. The van der Waals surface area contributed by atoms with E-state index in [1.54, 1.807) is 0 Å². The summed E-state index contributed by atoms with van der Waals surface area (Å²) in [5.41, 5.74) is 11.4. The van der Waals surface area contributed by atoms with Crippen molar-refractivity contribution in [1.82, 2.24) is 31.0 Å². The summed E-state index contributed by atoms with van der Waals surface area (Å²) in [5, 5.41) is 20.0. The monoisotopic (exact) mass is 424 g/mol. The van der Waals surface area contributed by atoms with Gasteiger partial charge in [-0.05, 0) is 18.2 Å². The summed E-state index contributed by atoms with van der Waals surface area (Å²) < 4.78 is 11.0. The Labute approximate surface area is 165 Å². The number of nitrogens with one attached hydrogen (secondary N) is 2. The van der Waals surface area contributed by atoms with Crippen molar-refractivity contribution in [3.8, 4) is 11.4 Å². The first-order valence-corrected chi connectivity index (χ1v) is 10.3. The Morgan fingerprint density at radius 2 is 1.38 bits per heavy atom. The van der Waals surface area contributed by atoms with E-state index in [-0.39, 0.29) is 54.5 Å². The quantitative estimate of drug-likeness (QED) is 0.241. The smallest absolute Gasteiger partial charge is 0.333 e. The van der Waals surface area contributed by atoms with Crippen LogP contribution in [0.1, 0.15) is 26.5 Å². The number of nitrogens with zero attached hydrogens (tertiary/aromatic N) is 4. The molecule has 1 aromatic carbocycles. The Morgan fingerprint density at radius 3 is 1.79 bits per heavy atom. The van der Waals surface area contributed by atoms with E-state index in [1.807, 2.05) is 0 Å². The molecule has 156 valence electrons. The Hall–Kier alpha value is -2.83. The van der Waals surface area contributed by atoms with Crippen LogP contribution in [-0.4, -0.2) is 68.2 Å². The minimum absolute atomic E-state index is 0.0270. The molecule has 13 nitrogen and oxygen atoms in total. The zero-order valence-corrected chi connectivity index (χ0v) is 16.2. The molecule has 0 spiro atoms. The molecule has 0 aliphatic heterocycles. The fourth-order valence-electron chi connectivity index (χ4n) is 2.21. The van der Waals surface area contributed by atoms with E-state index in [9.17, 15) is 14.2 Å². The van der Waals surface area contributed by atoms with E-state index in [1.165, 1.54) is 18.2 Å². The minimum Gasteiger partial charge on any atom is -0.351 e. The second-order valence-electron chi connectivity index (χ2n) is 5.85. The molecule has 0 unspecified atom stereocenters. The number of amides is 2. The van der Waals surface area contributed by atoms with Crippen LogP contribution < -0.4 is 22.1 Å². The highest BCUT2D eigenvalue weighted by atomic mass is 31.2. The SMILES string of the molecule is NCCNC(=O)c1cc(C(=O)NCCN)cc(-c2nnc(CP(=O)(O)O)nn2)c1. The lowest BCUT2D eigenvalue weighted by Crippen LogP contribution is -2.31. The molecular formula is C15H21N8O5P. The zero-order valence-electron chi connectivity index (χ0n) is 15.3. The summed E-state index contributed by atoms with van der Waals surface area (Å²) in [5.74, 6) is -1.17. The van der Waals surface area contributed by atoms with Gasteiger partial charge in [0.05, 0.1) is 0 Å². The molecule has 29 heavy (non-hydrogen) atoms. The summed E-state index contributed by atoms with van der Waals surface area (Å²) in [6.07, 6.45) is -0.707. The molecule has 8 N–H and O–H groups in total. The topological polar surface area (TPSA) is 219 Å². The molecule has 2 rings (SSSR count). The van der Waals surface area contributed by atoms with Crippen molar-refractivity contribution in [2.75, 3.05) is 26.2 Å². The van der Waals surface area contributed by atoms with Gasteiger partial charge in [0, 0.05) is 42.9 Å². The number of benzene rings is 1. The molecule has 0 aliphatic rings. The zero-order chi connectivity index (χ0) is 21.4. The summed E-state index contributed by atoms with van der Waals surface area (Å²) >= 11 is 0. The van der Waals surface area contributed by atoms with E-state index in [4.69, 9.17) is 21.3 Å². The second kappa shape index (κ2) is 10.1. The predicted molar refractivity (Wildman–Crippen MR) is 102 cm³/mol. The molecule has 2 amide bonds. The van der Waals surface area contributed by atoms with Gasteiger partial charge in [0.15, 0.2) is 5.82 Å². The van der Waals surface area contributed by atoms with Crippen LogP contribution in [0, 0.1) is 0 Å². The molecule has 1 heterocycles. The molecule has 2 aromatic rings. The Morgan fingerprint density at radius 1 is 0.897 bits per heavy atom. The lowest BCUT2D eigenvalue weighted by Gasteiger charge is -2.10. The Balaban J connectivity index is 2.39. The maximum absolute atomic E-state index is 12.3. The standard InChI is InChI=1S/C15H21N8O5P/c16-1-3-18-14(24)10-5-9(6-11(7-10)15(25)19-4-2-17)13-22-20-12(21-23-13)8-29(26,27)28/h5-7H,1-4,8,16-17H2,(H,18,24)(H,19,25)(H2,26,27,28). The lowest BCUT2D eigenvalue weighted by atomic mass is 10.0. The van der Waals surface area contributed by atoms with Gasteiger partial charge in [-0.1, -0.05) is 0 Å². The van der Waals surface area contributed by atoms with Crippen molar-refractivity contribution >= 4 is 19.4 Å². The van der Waals surface area contributed by atoms with Crippen LogP contribution in [0.2, 0.25) is 0 Å². The van der Waals surface area contributed by atoms with Crippen molar-refractivity contribution in [2.24, 2.45) is 11.5 Å². The van der Waals surface area contributed by atoms with Gasteiger partial charge < -0.3 is 31.9 Å². The van der Waals surface area contributed by atoms with E-state index < -0.39 is 25.6 Å². The lowest BCUT2D eigenvalue weighted by molar-refractivity contribution is 0.0954. The number of carbonyl (C=O) groups is 2. The number of hydrogen-bond donors (Lipinski definition) is 6. The molecule has 0 bridgehead atoms. The maximum atomic E-state index is 12.3. The highest BCUT2D eigenvalue weighted by molar-refractivity contribution is 7.50. The highest BCUT2D eigenvalue weighted by Gasteiger charge is 2.19. The number of rotatable bonds is 9. The van der Waals surface area contributed by atoms with Gasteiger partial charge in [0.2, 0.25) is 5.82 Å². The van der Waals surface area contributed by atoms with Crippen LogP contribution in [0.4, 0.5) is 0 Å². The summed E-state index contributed by atoms with van der Waals surface area (Å²) in [6, 6.07) is 4.27. The van der Waals surface area contributed by atoms with E-state index in [2.05, 4.69) is 31.0 Å². The second-order valence-corrected chi connectivity index (χ2v) is 7.50. The fraction of sp³-hybridized carbons (Fsp3) is 0.333. The third-order valence-electron chi connectivity index (χ3n) is 3.44. The first-order chi connectivity index (χ1) is 13.7. The Kier molecular flexibility index (Phi) is 7.82. The van der Waals surface area contributed by atoms with Gasteiger partial charge in [-0.3, -0.25) is 14.2 Å². The van der Waals surface area contributed by atoms with Crippen molar-refractivity contribution < 1.29 is 23.9 Å². The summed E-state index contributed by atoms with van der Waals surface area (Å²) in [7, 11) is -4.37. The van der Waals surface area contributed by atoms with Crippen LogP contribution in [0.25, 0.3) is 11.4 Å². The summed E-state index contributed by atoms with van der Waals surface area (Å²) in [4.78, 5) is 42.5. The van der Waals surface area contributed by atoms with E-state index in [0.29, 0.717) is 0 Å². The molecule has 0 fully saturated rings. The van der Waals surface area contributed by atoms with Crippen LogP contribution in [0.15, 0.2) is 18.2 Å². The van der Waals surface area contributed by atoms with Crippen molar-refractivity contribution in [3.05, 3.63) is 35.2 Å². The van der Waals surface area contributed by atoms with Gasteiger partial charge in [-0.15, -0.1) is 20.4 Å². The largest absolute Gasteiger partial charge is 0.351 e. The predicted octanol–water partition coefficient (Wildman–Crippen LogP) is -2.01. The van der Waals surface area contributed by atoms with Gasteiger partial charge in [-0.25, -0.2) is 0 Å².